The topological polar surface area (TPSA) is 81.5 Å². The third-order valence-corrected chi connectivity index (χ3v) is 1.97. The Hall–Kier alpha value is -0.970. The molecule has 0 saturated carbocycles. The molecule has 0 fully saturated rings. The molecule has 1 atom stereocenters. The van der Waals surface area contributed by atoms with E-state index in [1.807, 2.05) is 6.92 Å². The van der Waals surface area contributed by atoms with Gasteiger partial charge in [0.15, 0.2) is 11.5 Å². The Morgan fingerprint density at radius 1 is 1.47 bits per heavy atom. The highest BCUT2D eigenvalue weighted by Crippen LogP contribution is 2.28. The van der Waals surface area contributed by atoms with Gasteiger partial charge in [0.05, 0.1) is 6.61 Å². The first-order valence-electron chi connectivity index (χ1n) is 4.60. The minimum atomic E-state index is -0.213. The minimum absolute atomic E-state index is 0. The van der Waals surface area contributed by atoms with Crippen LogP contribution in [0.4, 0.5) is 0 Å². The van der Waals surface area contributed by atoms with Crippen LogP contribution >= 0.6 is 12.4 Å². The van der Waals surface area contributed by atoms with Crippen LogP contribution in [0.25, 0.3) is 0 Å². The average Bonchev–Trinajstić information content (AvgIpc) is 2.20. The summed E-state index contributed by atoms with van der Waals surface area (Å²) < 4.78 is 5.23. The molecule has 0 saturated heterocycles. The molecule has 5 N–H and O–H groups in total. The van der Waals surface area contributed by atoms with Gasteiger partial charge >= 0.3 is 0 Å². The van der Waals surface area contributed by atoms with E-state index in [1.165, 1.54) is 0 Å². The van der Waals surface area contributed by atoms with Gasteiger partial charge in [-0.2, -0.15) is 0 Å². The molecule has 0 radical (unpaired) electrons. The molecule has 0 heterocycles. The third-order valence-electron chi connectivity index (χ3n) is 1.97. The minimum Gasteiger partial charge on any atom is -0.504 e. The van der Waals surface area contributed by atoms with Crippen LogP contribution < -0.4 is 16.2 Å². The van der Waals surface area contributed by atoms with Crippen molar-refractivity contribution in [2.45, 2.75) is 13.0 Å². The van der Waals surface area contributed by atoms with Gasteiger partial charge in [-0.05, 0) is 24.6 Å². The fourth-order valence-electron chi connectivity index (χ4n) is 1.17. The number of phenolic OH excluding ortho intramolecular Hbond substituents is 1. The maximum Gasteiger partial charge on any atom is 0.161 e. The van der Waals surface area contributed by atoms with Crippen LogP contribution in [0.5, 0.6) is 11.5 Å². The molecule has 15 heavy (non-hydrogen) atoms. The SMILES string of the molecule is CCOc1cc([C@H](N)CN)ccc1O.Cl. The third kappa shape index (κ3) is 3.58. The number of hydrogen-bond donors (Lipinski definition) is 3. The molecular weight excluding hydrogens is 216 g/mol. The second kappa shape index (κ2) is 6.50. The first-order chi connectivity index (χ1) is 6.69. The van der Waals surface area contributed by atoms with Crippen LogP contribution in [-0.2, 0) is 0 Å². The lowest BCUT2D eigenvalue weighted by molar-refractivity contribution is 0.317. The van der Waals surface area contributed by atoms with Gasteiger partial charge in [0.1, 0.15) is 0 Å². The van der Waals surface area contributed by atoms with Crippen molar-refractivity contribution in [1.82, 2.24) is 0 Å². The van der Waals surface area contributed by atoms with Gasteiger partial charge in [-0.15, -0.1) is 12.4 Å². The second-order valence-electron chi connectivity index (χ2n) is 3.00. The van der Waals surface area contributed by atoms with E-state index in [-0.39, 0.29) is 24.2 Å². The fourth-order valence-corrected chi connectivity index (χ4v) is 1.17. The maximum absolute atomic E-state index is 9.42. The predicted octanol–water partition coefficient (Wildman–Crippen LogP) is 1.17. The van der Waals surface area contributed by atoms with Crippen molar-refractivity contribution in [2.75, 3.05) is 13.2 Å². The summed E-state index contributed by atoms with van der Waals surface area (Å²) in [5.74, 6) is 0.578. The van der Waals surface area contributed by atoms with Crippen molar-refractivity contribution in [3.8, 4) is 11.5 Å². The summed E-state index contributed by atoms with van der Waals surface area (Å²) in [6.45, 7) is 2.74. The average molecular weight is 233 g/mol. The Kier molecular flexibility index (Phi) is 6.08. The summed E-state index contributed by atoms with van der Waals surface area (Å²) in [6, 6.07) is 4.82. The first-order valence-corrected chi connectivity index (χ1v) is 4.60. The van der Waals surface area contributed by atoms with Crippen molar-refractivity contribution in [1.29, 1.82) is 0 Å². The summed E-state index contributed by atoms with van der Waals surface area (Å²) in [7, 11) is 0. The van der Waals surface area contributed by atoms with Gasteiger partial charge in [-0.25, -0.2) is 0 Å². The summed E-state index contributed by atoms with van der Waals surface area (Å²) in [5.41, 5.74) is 12.1. The standard InChI is InChI=1S/C10H16N2O2.ClH/c1-2-14-10-5-7(8(12)6-11)3-4-9(10)13;/h3-5,8,13H,2,6,11-12H2,1H3;1H/t8-;/m1./s1. The zero-order valence-electron chi connectivity index (χ0n) is 8.64. The highest BCUT2D eigenvalue weighted by Gasteiger charge is 2.08. The largest absolute Gasteiger partial charge is 0.504 e. The van der Waals surface area contributed by atoms with Gasteiger partial charge in [0.2, 0.25) is 0 Å². The van der Waals surface area contributed by atoms with Crippen molar-refractivity contribution < 1.29 is 9.84 Å². The molecule has 0 aromatic heterocycles. The van der Waals surface area contributed by atoms with E-state index < -0.39 is 0 Å². The number of phenols is 1. The highest BCUT2D eigenvalue weighted by molar-refractivity contribution is 5.85. The first kappa shape index (κ1) is 14.0. The number of aromatic hydroxyl groups is 1. The highest BCUT2D eigenvalue weighted by atomic mass is 35.5. The number of ether oxygens (including phenoxy) is 1. The lowest BCUT2D eigenvalue weighted by Gasteiger charge is -2.12. The van der Waals surface area contributed by atoms with Gasteiger partial charge < -0.3 is 21.3 Å². The molecular formula is C10H17ClN2O2. The molecule has 86 valence electrons. The Bertz CT molecular complexity index is 307. The van der Waals surface area contributed by atoms with Crippen LogP contribution in [0.15, 0.2) is 18.2 Å². The van der Waals surface area contributed by atoms with Gasteiger partial charge in [-0.3, -0.25) is 0 Å². The maximum atomic E-state index is 9.42. The Morgan fingerprint density at radius 3 is 2.67 bits per heavy atom. The molecule has 0 unspecified atom stereocenters. The molecule has 5 heteroatoms. The molecule has 0 amide bonds. The molecule has 0 aliphatic heterocycles. The van der Waals surface area contributed by atoms with E-state index in [0.717, 1.165) is 5.56 Å². The van der Waals surface area contributed by atoms with Crippen LogP contribution in [0.3, 0.4) is 0 Å². The van der Waals surface area contributed by atoms with E-state index in [1.54, 1.807) is 18.2 Å². The van der Waals surface area contributed by atoms with Crippen LogP contribution in [-0.4, -0.2) is 18.3 Å². The summed E-state index contributed by atoms with van der Waals surface area (Å²) in [4.78, 5) is 0. The zero-order chi connectivity index (χ0) is 10.6. The Labute approximate surface area is 95.6 Å². The lowest BCUT2D eigenvalue weighted by atomic mass is 10.1. The van der Waals surface area contributed by atoms with E-state index in [9.17, 15) is 5.11 Å². The molecule has 0 aliphatic rings. The number of halogens is 1. The van der Waals surface area contributed by atoms with E-state index >= 15 is 0 Å². The molecule has 4 nitrogen and oxygen atoms in total. The van der Waals surface area contributed by atoms with Crippen LogP contribution in [0.2, 0.25) is 0 Å². The number of rotatable bonds is 4. The molecule has 0 aliphatic carbocycles. The Morgan fingerprint density at radius 2 is 2.13 bits per heavy atom. The molecule has 1 aromatic rings. The fraction of sp³-hybridized carbons (Fsp3) is 0.400. The van der Waals surface area contributed by atoms with Gasteiger partial charge in [0, 0.05) is 12.6 Å². The van der Waals surface area contributed by atoms with Gasteiger partial charge in [0.25, 0.3) is 0 Å². The molecule has 1 aromatic carbocycles. The van der Waals surface area contributed by atoms with Crippen molar-refractivity contribution >= 4 is 12.4 Å². The van der Waals surface area contributed by atoms with E-state index in [4.69, 9.17) is 16.2 Å². The monoisotopic (exact) mass is 232 g/mol. The lowest BCUT2D eigenvalue weighted by Crippen LogP contribution is -2.20. The van der Waals surface area contributed by atoms with Gasteiger partial charge in [-0.1, -0.05) is 6.07 Å². The Balaban J connectivity index is 0.00000196. The quantitative estimate of drug-likeness (QED) is 0.728. The summed E-state index contributed by atoms with van der Waals surface area (Å²) in [5, 5.41) is 9.42. The van der Waals surface area contributed by atoms with E-state index in [0.29, 0.717) is 18.9 Å². The van der Waals surface area contributed by atoms with Crippen LogP contribution in [0.1, 0.15) is 18.5 Å². The van der Waals surface area contributed by atoms with Crippen LogP contribution in [0, 0.1) is 0 Å². The normalized spacial score (nSPS) is 11.7. The van der Waals surface area contributed by atoms with E-state index in [2.05, 4.69) is 0 Å². The number of hydrogen-bond acceptors (Lipinski definition) is 4. The second-order valence-corrected chi connectivity index (χ2v) is 3.00. The number of nitrogens with two attached hydrogens (primary N) is 2. The molecule has 0 bridgehead atoms. The zero-order valence-corrected chi connectivity index (χ0v) is 9.46. The molecule has 0 spiro atoms. The smallest absolute Gasteiger partial charge is 0.161 e. The summed E-state index contributed by atoms with van der Waals surface area (Å²) >= 11 is 0. The summed E-state index contributed by atoms with van der Waals surface area (Å²) in [6.07, 6.45) is 0. The van der Waals surface area contributed by atoms with Crippen molar-refractivity contribution in [2.24, 2.45) is 11.5 Å². The van der Waals surface area contributed by atoms with Crippen molar-refractivity contribution in [3.63, 3.8) is 0 Å². The van der Waals surface area contributed by atoms with Crippen molar-refractivity contribution in [3.05, 3.63) is 23.8 Å². The predicted molar refractivity (Wildman–Crippen MR) is 62.5 cm³/mol. The molecule has 1 rings (SSSR count). The number of benzene rings is 1.